The molecule has 3 heterocycles. The molecule has 0 aliphatic carbocycles. The molecule has 3 aromatic rings. The molecule has 0 unspecified atom stereocenters. The molecule has 2 aliphatic heterocycles. The molecule has 0 radical (unpaired) electrons. The molecule has 2 aliphatic rings. The maximum Gasteiger partial charge on any atom is 0.189 e. The lowest BCUT2D eigenvalue weighted by Crippen LogP contribution is -2.36. The average Bonchev–Trinajstić information content (AvgIpc) is 3.42. The number of ketones is 1. The first-order valence-electron chi connectivity index (χ1n) is 9.22. The molecule has 2 aromatic carbocycles. The number of methoxy groups -OCH3 is 2. The average molecular weight is 389 g/mol. The van der Waals surface area contributed by atoms with Gasteiger partial charge in [-0.25, -0.2) is 4.98 Å². The van der Waals surface area contributed by atoms with E-state index in [-0.39, 0.29) is 5.78 Å². The first kappa shape index (κ1) is 17.3. The van der Waals surface area contributed by atoms with Crippen LogP contribution >= 0.6 is 0 Å². The lowest BCUT2D eigenvalue weighted by Gasteiger charge is -2.31. The second kappa shape index (κ2) is 6.66. The number of allylic oxidation sites excluding steroid dienone is 1. The highest BCUT2D eigenvalue weighted by atomic mass is 16.5. The molecular weight excluding hydrogens is 370 g/mol. The summed E-state index contributed by atoms with van der Waals surface area (Å²) < 4.78 is 10.8. The number of imidazole rings is 1. The van der Waals surface area contributed by atoms with Crippen molar-refractivity contribution >= 4 is 28.3 Å². The van der Waals surface area contributed by atoms with Gasteiger partial charge in [-0.15, -0.1) is 0 Å². The zero-order valence-electron chi connectivity index (χ0n) is 16.0. The van der Waals surface area contributed by atoms with E-state index >= 15 is 0 Å². The molecule has 0 bridgehead atoms. The molecule has 29 heavy (non-hydrogen) atoms. The number of aromatic amines is 1. The number of aromatic nitrogens is 2. The summed E-state index contributed by atoms with van der Waals surface area (Å²) in [7, 11) is 3.20. The van der Waals surface area contributed by atoms with Crippen molar-refractivity contribution < 1.29 is 14.3 Å². The summed E-state index contributed by atoms with van der Waals surface area (Å²) in [4.78, 5) is 26.8. The molecule has 2 N–H and O–H groups in total. The second-order valence-electron chi connectivity index (χ2n) is 6.76. The number of carbonyl (C=O) groups is 1. The van der Waals surface area contributed by atoms with Crippen molar-refractivity contribution in [3.05, 3.63) is 59.7 Å². The highest BCUT2D eigenvalue weighted by molar-refractivity contribution is 6.11. The summed E-state index contributed by atoms with van der Waals surface area (Å²) in [6.07, 6.45) is 3.23. The number of hydrogen-bond donors (Lipinski definition) is 2. The Balaban J connectivity index is 1.54. The molecule has 146 valence electrons. The van der Waals surface area contributed by atoms with E-state index in [4.69, 9.17) is 9.47 Å². The molecule has 5 rings (SSSR count). The third-order valence-corrected chi connectivity index (χ3v) is 5.13. The number of benzene rings is 2. The SMILES string of the molecule is COc1cc2c(cc1OC)C1=NCCN1C(=CC(=O)c1ccc3nc[nH]c3c1)N2. The zero-order chi connectivity index (χ0) is 20.0. The van der Waals surface area contributed by atoms with Crippen LogP contribution < -0.4 is 14.8 Å². The van der Waals surface area contributed by atoms with Crippen molar-refractivity contribution in [2.24, 2.45) is 4.99 Å². The first-order chi connectivity index (χ1) is 14.2. The van der Waals surface area contributed by atoms with Crippen LogP contribution in [0.15, 0.2) is 53.5 Å². The molecule has 0 atom stereocenters. The van der Waals surface area contributed by atoms with E-state index in [1.165, 1.54) is 0 Å². The minimum atomic E-state index is -0.0980. The van der Waals surface area contributed by atoms with E-state index in [9.17, 15) is 4.79 Å². The van der Waals surface area contributed by atoms with Gasteiger partial charge in [-0.1, -0.05) is 0 Å². The van der Waals surface area contributed by atoms with E-state index < -0.39 is 0 Å². The molecular formula is C21H19N5O3. The van der Waals surface area contributed by atoms with E-state index in [1.54, 1.807) is 32.7 Å². The second-order valence-corrected chi connectivity index (χ2v) is 6.76. The van der Waals surface area contributed by atoms with Gasteiger partial charge in [-0.2, -0.15) is 0 Å². The maximum atomic E-state index is 12.9. The molecule has 0 amide bonds. The number of anilines is 1. The number of ether oxygens (including phenoxy) is 2. The predicted molar refractivity (Wildman–Crippen MR) is 110 cm³/mol. The van der Waals surface area contributed by atoms with E-state index in [0.29, 0.717) is 36.0 Å². The van der Waals surface area contributed by atoms with Crippen LogP contribution in [-0.2, 0) is 0 Å². The van der Waals surface area contributed by atoms with Crippen LogP contribution in [0.1, 0.15) is 15.9 Å². The normalized spacial score (nSPS) is 16.3. The number of rotatable bonds is 4. The van der Waals surface area contributed by atoms with Gasteiger partial charge in [0.1, 0.15) is 11.7 Å². The van der Waals surface area contributed by atoms with Crippen LogP contribution in [0, 0.1) is 0 Å². The van der Waals surface area contributed by atoms with Crippen LogP contribution in [0.5, 0.6) is 11.5 Å². The van der Waals surface area contributed by atoms with Crippen LogP contribution in [0.25, 0.3) is 11.0 Å². The molecule has 1 aromatic heterocycles. The monoisotopic (exact) mass is 389 g/mol. The topological polar surface area (TPSA) is 91.8 Å². The van der Waals surface area contributed by atoms with Crippen molar-refractivity contribution in [2.75, 3.05) is 32.6 Å². The zero-order valence-corrected chi connectivity index (χ0v) is 16.0. The molecule has 0 saturated heterocycles. The Morgan fingerprint density at radius 3 is 2.83 bits per heavy atom. The third kappa shape index (κ3) is 2.80. The predicted octanol–water partition coefficient (Wildman–Crippen LogP) is 2.79. The largest absolute Gasteiger partial charge is 0.493 e. The van der Waals surface area contributed by atoms with Gasteiger partial charge in [0.2, 0.25) is 0 Å². The lowest BCUT2D eigenvalue weighted by atomic mass is 10.1. The Labute approximate surface area is 166 Å². The summed E-state index contributed by atoms with van der Waals surface area (Å²) in [6, 6.07) is 9.20. The van der Waals surface area contributed by atoms with Gasteiger partial charge in [-0.3, -0.25) is 9.79 Å². The van der Waals surface area contributed by atoms with Crippen molar-refractivity contribution in [3.8, 4) is 11.5 Å². The van der Waals surface area contributed by atoms with Crippen LogP contribution in [0.2, 0.25) is 0 Å². The van der Waals surface area contributed by atoms with Crippen molar-refractivity contribution in [3.63, 3.8) is 0 Å². The Morgan fingerprint density at radius 2 is 2.00 bits per heavy atom. The highest BCUT2D eigenvalue weighted by Crippen LogP contribution is 2.38. The fourth-order valence-electron chi connectivity index (χ4n) is 3.70. The number of H-pyrrole nitrogens is 1. The Morgan fingerprint density at radius 1 is 1.17 bits per heavy atom. The Hall–Kier alpha value is -3.81. The van der Waals surface area contributed by atoms with Gasteiger partial charge in [0, 0.05) is 29.8 Å². The minimum Gasteiger partial charge on any atom is -0.493 e. The fourth-order valence-corrected chi connectivity index (χ4v) is 3.70. The first-order valence-corrected chi connectivity index (χ1v) is 9.22. The van der Waals surface area contributed by atoms with Crippen LogP contribution in [0.4, 0.5) is 5.69 Å². The minimum absolute atomic E-state index is 0.0980. The van der Waals surface area contributed by atoms with Gasteiger partial charge < -0.3 is 24.7 Å². The van der Waals surface area contributed by atoms with Crippen molar-refractivity contribution in [1.82, 2.24) is 14.9 Å². The van der Waals surface area contributed by atoms with Gasteiger partial charge in [-0.05, 0) is 24.3 Å². The molecule has 0 saturated carbocycles. The standard InChI is InChI=1S/C21H19N5O3/c1-28-18-8-13-15(9-19(18)29-2)25-20(26-6-5-22-21(13)26)10-17(27)12-3-4-14-16(7-12)24-11-23-14/h3-4,7-11,25H,5-6H2,1-2H3,(H,23,24). The molecule has 0 spiro atoms. The number of fused-ring (bicyclic) bond motifs is 4. The van der Waals surface area contributed by atoms with E-state index in [2.05, 4.69) is 20.3 Å². The quantitative estimate of drug-likeness (QED) is 0.527. The summed E-state index contributed by atoms with van der Waals surface area (Å²) in [6.45, 7) is 1.37. The van der Waals surface area contributed by atoms with Gasteiger partial charge in [0.05, 0.1) is 43.8 Å². The summed E-state index contributed by atoms with van der Waals surface area (Å²) >= 11 is 0. The number of nitrogens with zero attached hydrogens (tertiary/aromatic N) is 3. The summed E-state index contributed by atoms with van der Waals surface area (Å²) in [5, 5.41) is 3.36. The number of aliphatic imine (C=N–C) groups is 1. The van der Waals surface area contributed by atoms with Crippen LogP contribution in [-0.4, -0.2) is 53.8 Å². The third-order valence-electron chi connectivity index (χ3n) is 5.13. The molecule has 8 nitrogen and oxygen atoms in total. The highest BCUT2D eigenvalue weighted by Gasteiger charge is 2.31. The molecule has 8 heteroatoms. The number of carbonyl (C=O) groups excluding carboxylic acids is 1. The number of nitrogens with one attached hydrogen (secondary N) is 2. The lowest BCUT2D eigenvalue weighted by molar-refractivity contribution is 0.104. The summed E-state index contributed by atoms with van der Waals surface area (Å²) in [5.41, 5.74) is 3.99. The van der Waals surface area contributed by atoms with Gasteiger partial charge in [0.25, 0.3) is 0 Å². The Kier molecular flexibility index (Phi) is 3.97. The smallest absolute Gasteiger partial charge is 0.189 e. The maximum absolute atomic E-state index is 12.9. The Bertz CT molecular complexity index is 1190. The summed E-state index contributed by atoms with van der Waals surface area (Å²) in [5.74, 6) is 2.66. The molecule has 0 fully saturated rings. The van der Waals surface area contributed by atoms with E-state index in [1.807, 2.05) is 29.2 Å². The van der Waals surface area contributed by atoms with Crippen molar-refractivity contribution in [1.29, 1.82) is 0 Å². The fraction of sp³-hybridized carbons (Fsp3) is 0.190. The number of amidine groups is 1. The van der Waals surface area contributed by atoms with Gasteiger partial charge >= 0.3 is 0 Å². The van der Waals surface area contributed by atoms with Gasteiger partial charge in [0.15, 0.2) is 17.3 Å². The number of hydrogen-bond acceptors (Lipinski definition) is 7. The van der Waals surface area contributed by atoms with Crippen molar-refractivity contribution in [2.45, 2.75) is 0 Å². The van der Waals surface area contributed by atoms with Crippen LogP contribution in [0.3, 0.4) is 0 Å². The van der Waals surface area contributed by atoms with E-state index in [0.717, 1.165) is 28.1 Å².